The van der Waals surface area contributed by atoms with Crippen LogP contribution in [0.1, 0.15) is 39.7 Å². The number of carbonyl (C=O) groups is 2. The summed E-state index contributed by atoms with van der Waals surface area (Å²) in [5.74, 6) is -1.63. The number of anilines is 1. The van der Waals surface area contributed by atoms with Crippen LogP contribution >= 0.6 is 11.3 Å². The number of nitrogens with zero attached hydrogens (tertiary/aromatic N) is 1. The van der Waals surface area contributed by atoms with E-state index in [4.69, 9.17) is 14.2 Å². The van der Waals surface area contributed by atoms with Crippen LogP contribution in [0.2, 0.25) is 0 Å². The lowest BCUT2D eigenvalue weighted by Gasteiger charge is -2.31. The van der Waals surface area contributed by atoms with Gasteiger partial charge in [0.1, 0.15) is 10.8 Å². The first-order valence-corrected chi connectivity index (χ1v) is 10.8. The summed E-state index contributed by atoms with van der Waals surface area (Å²) in [5, 5.41) is 0.547. The van der Waals surface area contributed by atoms with E-state index in [1.807, 2.05) is 0 Å². The summed E-state index contributed by atoms with van der Waals surface area (Å²) in [6.07, 6.45) is 2.13. The molecule has 8 heteroatoms. The second-order valence-corrected chi connectivity index (χ2v) is 8.56. The van der Waals surface area contributed by atoms with Crippen LogP contribution < -0.4 is 4.90 Å². The van der Waals surface area contributed by atoms with E-state index >= 15 is 0 Å². The topological polar surface area (TPSA) is 65.1 Å². The molecule has 0 bridgehead atoms. The number of esters is 1. The third kappa shape index (κ3) is 3.87. The van der Waals surface area contributed by atoms with Crippen LogP contribution in [0.15, 0.2) is 24.3 Å². The highest BCUT2D eigenvalue weighted by molar-refractivity contribution is 7.17. The second kappa shape index (κ2) is 8.45. The zero-order chi connectivity index (χ0) is 21.3. The maximum atomic E-state index is 14.1. The van der Waals surface area contributed by atoms with Gasteiger partial charge in [0.15, 0.2) is 5.79 Å². The van der Waals surface area contributed by atoms with Gasteiger partial charge in [0.05, 0.1) is 25.9 Å². The van der Waals surface area contributed by atoms with Crippen LogP contribution in [0, 0.1) is 5.82 Å². The Balaban J connectivity index is 1.68. The second-order valence-electron chi connectivity index (χ2n) is 7.47. The molecule has 0 radical (unpaired) electrons. The number of rotatable bonds is 5. The number of amides is 1. The predicted molar refractivity (Wildman–Crippen MR) is 110 cm³/mol. The molecule has 2 heterocycles. The van der Waals surface area contributed by atoms with E-state index in [1.54, 1.807) is 23.1 Å². The molecule has 0 unspecified atom stereocenters. The molecule has 1 aliphatic heterocycles. The molecule has 0 saturated carbocycles. The lowest BCUT2D eigenvalue weighted by atomic mass is 9.90. The van der Waals surface area contributed by atoms with E-state index in [1.165, 1.54) is 31.4 Å². The number of carbonyl (C=O) groups excluding carboxylic acids is 2. The summed E-state index contributed by atoms with van der Waals surface area (Å²) in [6.45, 7) is 2.82. The molecule has 1 amide bonds. The maximum Gasteiger partial charge on any atom is 0.341 e. The number of hydrogen-bond donors (Lipinski definition) is 0. The van der Waals surface area contributed by atoms with Crippen LogP contribution in [0.25, 0.3) is 0 Å². The van der Waals surface area contributed by atoms with Gasteiger partial charge in [-0.15, -0.1) is 11.3 Å². The molecule has 1 spiro atoms. The third-order valence-electron chi connectivity index (χ3n) is 5.65. The molecule has 1 aromatic carbocycles. The molecule has 1 aromatic heterocycles. The van der Waals surface area contributed by atoms with E-state index in [0.717, 1.165) is 10.4 Å². The van der Waals surface area contributed by atoms with Crippen LogP contribution in [0.4, 0.5) is 9.39 Å². The number of halogens is 1. The molecule has 6 nitrogen and oxygen atoms in total. The Bertz CT molecular complexity index is 966. The van der Waals surface area contributed by atoms with Crippen LogP contribution in [0.5, 0.6) is 0 Å². The van der Waals surface area contributed by atoms with Gasteiger partial charge in [-0.1, -0.05) is 18.2 Å². The number of ether oxygens (including phenoxy) is 3. The lowest BCUT2D eigenvalue weighted by Crippen LogP contribution is -2.36. The first kappa shape index (κ1) is 21.0. The lowest BCUT2D eigenvalue weighted by molar-refractivity contribution is -0.163. The highest BCUT2D eigenvalue weighted by atomic mass is 32.1. The van der Waals surface area contributed by atoms with Crippen molar-refractivity contribution in [3.05, 3.63) is 51.7 Å². The molecule has 4 rings (SSSR count). The van der Waals surface area contributed by atoms with Crippen molar-refractivity contribution in [3.8, 4) is 0 Å². The molecule has 1 saturated heterocycles. The van der Waals surface area contributed by atoms with Gasteiger partial charge in [0.25, 0.3) is 0 Å². The summed E-state index contributed by atoms with van der Waals surface area (Å²) in [4.78, 5) is 27.7. The van der Waals surface area contributed by atoms with E-state index < -0.39 is 11.8 Å². The summed E-state index contributed by atoms with van der Waals surface area (Å²) >= 11 is 1.39. The SMILES string of the molecule is COC(=O)c1c(N(CCc2ccccc2F)C(C)=O)sc2c1CCC1(C2)OCCO1. The maximum absolute atomic E-state index is 14.1. The Kier molecular flexibility index (Phi) is 5.90. The standard InChI is InChI=1S/C22H24FNO5S/c1-14(25)24(10-8-15-5-3-4-6-17(15)23)20-19(21(26)27-2)16-7-9-22(13-18(16)30-20)28-11-12-29-22/h3-6H,7-13H2,1-2H3. The quantitative estimate of drug-likeness (QED) is 0.676. The molecular formula is C22H24FNO5S. The molecule has 160 valence electrons. The van der Waals surface area contributed by atoms with Crippen molar-refractivity contribution in [2.75, 3.05) is 31.8 Å². The summed E-state index contributed by atoms with van der Waals surface area (Å²) < 4.78 is 30.8. The van der Waals surface area contributed by atoms with Crippen molar-refractivity contribution in [1.82, 2.24) is 0 Å². The van der Waals surface area contributed by atoms with Crippen molar-refractivity contribution < 1.29 is 28.2 Å². The molecule has 1 fully saturated rings. The predicted octanol–water partition coefficient (Wildman–Crippen LogP) is 3.50. The zero-order valence-corrected chi connectivity index (χ0v) is 17.9. The highest BCUT2D eigenvalue weighted by Crippen LogP contribution is 2.45. The van der Waals surface area contributed by atoms with Crippen LogP contribution in [-0.4, -0.2) is 44.5 Å². The molecule has 2 aliphatic rings. The minimum atomic E-state index is -0.642. The minimum Gasteiger partial charge on any atom is -0.465 e. The Morgan fingerprint density at radius 3 is 2.67 bits per heavy atom. The minimum absolute atomic E-state index is 0.210. The fourth-order valence-corrected chi connectivity index (χ4v) is 5.63. The van der Waals surface area contributed by atoms with E-state index in [2.05, 4.69) is 0 Å². The average molecular weight is 434 g/mol. The van der Waals surface area contributed by atoms with Crippen molar-refractivity contribution in [1.29, 1.82) is 0 Å². The van der Waals surface area contributed by atoms with E-state index in [-0.39, 0.29) is 18.3 Å². The highest BCUT2D eigenvalue weighted by Gasteiger charge is 2.43. The Morgan fingerprint density at radius 2 is 2.00 bits per heavy atom. The van der Waals surface area contributed by atoms with Gasteiger partial charge in [-0.05, 0) is 30.0 Å². The summed E-state index contributed by atoms with van der Waals surface area (Å²) in [6, 6.07) is 6.50. The number of thiophene rings is 1. The number of fused-ring (bicyclic) bond motifs is 1. The fraction of sp³-hybridized carbons (Fsp3) is 0.455. The first-order chi connectivity index (χ1) is 14.4. The largest absolute Gasteiger partial charge is 0.465 e. The average Bonchev–Trinajstić information content (AvgIpc) is 3.33. The molecule has 0 atom stereocenters. The van der Waals surface area contributed by atoms with Gasteiger partial charge in [0.2, 0.25) is 5.91 Å². The molecular weight excluding hydrogens is 409 g/mol. The normalized spacial score (nSPS) is 17.0. The fourth-order valence-electron chi connectivity index (χ4n) is 4.13. The molecule has 0 N–H and O–H groups in total. The summed E-state index contributed by atoms with van der Waals surface area (Å²) in [7, 11) is 1.33. The monoisotopic (exact) mass is 433 g/mol. The van der Waals surface area contributed by atoms with Gasteiger partial charge in [-0.3, -0.25) is 4.79 Å². The van der Waals surface area contributed by atoms with Gasteiger partial charge in [-0.2, -0.15) is 0 Å². The van der Waals surface area contributed by atoms with Crippen molar-refractivity contribution >= 4 is 28.2 Å². The van der Waals surface area contributed by atoms with Crippen LogP contribution in [-0.2, 0) is 38.3 Å². The van der Waals surface area contributed by atoms with Crippen molar-refractivity contribution in [3.63, 3.8) is 0 Å². The van der Waals surface area contributed by atoms with E-state index in [0.29, 0.717) is 55.0 Å². The molecule has 1 aliphatic carbocycles. The van der Waals surface area contributed by atoms with Crippen LogP contribution in [0.3, 0.4) is 0 Å². The van der Waals surface area contributed by atoms with Gasteiger partial charge < -0.3 is 19.1 Å². The number of hydrogen-bond acceptors (Lipinski definition) is 6. The smallest absolute Gasteiger partial charge is 0.341 e. The summed E-state index contributed by atoms with van der Waals surface area (Å²) in [5.41, 5.74) is 1.84. The first-order valence-electron chi connectivity index (χ1n) is 9.96. The van der Waals surface area contributed by atoms with Crippen molar-refractivity contribution in [2.24, 2.45) is 0 Å². The molecule has 30 heavy (non-hydrogen) atoms. The Morgan fingerprint density at radius 1 is 1.27 bits per heavy atom. The van der Waals surface area contributed by atoms with E-state index in [9.17, 15) is 14.0 Å². The number of methoxy groups -OCH3 is 1. The van der Waals surface area contributed by atoms with Gasteiger partial charge in [-0.25, -0.2) is 9.18 Å². The molecule has 2 aromatic rings. The zero-order valence-electron chi connectivity index (χ0n) is 17.0. The van der Waals surface area contributed by atoms with Crippen molar-refractivity contribution in [2.45, 2.75) is 38.4 Å². The Hall–Kier alpha value is -2.29. The number of benzene rings is 1. The third-order valence-corrected chi connectivity index (χ3v) is 6.90. The Labute approximate surface area is 178 Å². The van der Waals surface area contributed by atoms with Gasteiger partial charge >= 0.3 is 5.97 Å². The van der Waals surface area contributed by atoms with Gasteiger partial charge in [0, 0.05) is 31.2 Å².